The molecular weight excluding hydrogens is 528 g/mol. The lowest BCUT2D eigenvalue weighted by molar-refractivity contribution is 0.237. The monoisotopic (exact) mass is 560 g/mol. The van der Waals surface area contributed by atoms with Crippen molar-refractivity contribution in [3.05, 3.63) is 23.3 Å². The maximum Gasteiger partial charge on any atom is 0.315 e. The van der Waals surface area contributed by atoms with E-state index in [9.17, 15) is 19.2 Å². The average Bonchev–Trinajstić information content (AvgIpc) is 2.97. The molecule has 0 aliphatic carbocycles. The van der Waals surface area contributed by atoms with Crippen LogP contribution in [0.3, 0.4) is 0 Å². The minimum atomic E-state index is -0.408. The van der Waals surface area contributed by atoms with Crippen molar-refractivity contribution in [3.63, 3.8) is 0 Å². The maximum atomic E-state index is 11.9. The molecule has 0 radical (unpaired) electrons. The molecule has 40 heavy (non-hydrogen) atoms. The van der Waals surface area contributed by atoms with Crippen LogP contribution in [0, 0.1) is 0 Å². The maximum absolute atomic E-state index is 11.9. The predicted octanol–water partition coefficient (Wildman–Crippen LogP) is -2.68. The molecule has 2 aromatic heterocycles. The quantitative estimate of drug-likeness (QED) is 0.164. The molecule has 20 heteroatoms. The minimum Gasteiger partial charge on any atom is -0.338 e. The fourth-order valence-corrected chi connectivity index (χ4v) is 3.02. The average molecular weight is 561 g/mol. The zero-order chi connectivity index (χ0) is 28.4. The van der Waals surface area contributed by atoms with E-state index < -0.39 is 24.1 Å². The lowest BCUT2D eigenvalue weighted by Crippen LogP contribution is -2.38. The number of amides is 8. The van der Waals surface area contributed by atoms with E-state index in [0.717, 1.165) is 0 Å². The van der Waals surface area contributed by atoms with Gasteiger partial charge in [0.25, 0.3) is 0 Å². The SMILES string of the molecule is O=C1NCCCCNC(=O)NCc2nnc(nn2)CNC(=O)NCCCCNC(=O)NCc2nnc(nn2)CN1. The van der Waals surface area contributed by atoms with Gasteiger partial charge in [-0.25, -0.2) is 19.2 Å². The van der Waals surface area contributed by atoms with Crippen LogP contribution in [0.2, 0.25) is 0 Å². The van der Waals surface area contributed by atoms with Gasteiger partial charge >= 0.3 is 24.1 Å². The Hall–Kier alpha value is -5.04. The fraction of sp³-hybridized carbons (Fsp3) is 0.600. The van der Waals surface area contributed by atoms with Crippen molar-refractivity contribution in [1.82, 2.24) is 83.3 Å². The second kappa shape index (κ2) is 16.7. The Balaban J connectivity index is 1.45. The van der Waals surface area contributed by atoms with Gasteiger partial charge in [0, 0.05) is 26.2 Å². The third kappa shape index (κ3) is 12.0. The Morgan fingerprint density at radius 2 is 0.525 bits per heavy atom. The van der Waals surface area contributed by atoms with Gasteiger partial charge in [0.2, 0.25) is 0 Å². The van der Waals surface area contributed by atoms with Crippen molar-refractivity contribution in [1.29, 1.82) is 0 Å². The zero-order valence-electron chi connectivity index (χ0n) is 21.7. The Bertz CT molecular complexity index is 927. The first-order valence-electron chi connectivity index (χ1n) is 12.6. The Labute approximate surface area is 228 Å². The molecule has 0 spiro atoms. The van der Waals surface area contributed by atoms with Crippen molar-refractivity contribution >= 4 is 24.1 Å². The lowest BCUT2D eigenvalue weighted by atomic mass is 10.3. The molecule has 2 aromatic rings. The number of carbonyl (C=O) groups excluding carboxylic acids is 4. The second-order valence-electron chi connectivity index (χ2n) is 8.32. The number of rotatable bonds is 0. The van der Waals surface area contributed by atoms with Crippen LogP contribution in [0.15, 0.2) is 0 Å². The van der Waals surface area contributed by atoms with Gasteiger partial charge in [-0.2, -0.15) is 0 Å². The number of aromatic nitrogens is 8. The third-order valence-corrected chi connectivity index (χ3v) is 5.10. The lowest BCUT2D eigenvalue weighted by Gasteiger charge is -2.09. The first-order chi connectivity index (χ1) is 19.5. The van der Waals surface area contributed by atoms with Crippen LogP contribution in [-0.4, -0.2) is 91.1 Å². The van der Waals surface area contributed by atoms with Gasteiger partial charge in [-0.15, -0.1) is 40.8 Å². The van der Waals surface area contributed by atoms with Crippen molar-refractivity contribution in [2.45, 2.75) is 51.9 Å². The van der Waals surface area contributed by atoms with Crippen LogP contribution < -0.4 is 42.5 Å². The van der Waals surface area contributed by atoms with Gasteiger partial charge in [-0.1, -0.05) is 0 Å². The molecule has 0 saturated carbocycles. The van der Waals surface area contributed by atoms with E-state index in [1.807, 2.05) is 0 Å². The van der Waals surface area contributed by atoms with Crippen LogP contribution >= 0.6 is 0 Å². The van der Waals surface area contributed by atoms with Crippen molar-refractivity contribution in [3.8, 4) is 0 Å². The summed E-state index contributed by atoms with van der Waals surface area (Å²) in [5.41, 5.74) is 0. The summed E-state index contributed by atoms with van der Waals surface area (Å²) in [5.74, 6) is 0.832. The van der Waals surface area contributed by atoms with Gasteiger partial charge in [0.1, 0.15) is 0 Å². The van der Waals surface area contributed by atoms with E-state index >= 15 is 0 Å². The molecule has 216 valence electrons. The zero-order valence-corrected chi connectivity index (χ0v) is 21.7. The number of hydrogen-bond acceptors (Lipinski definition) is 12. The molecule has 0 aromatic carbocycles. The van der Waals surface area contributed by atoms with Crippen LogP contribution in [-0.2, 0) is 26.2 Å². The number of hydrogen-bond donors (Lipinski definition) is 8. The van der Waals surface area contributed by atoms with Crippen LogP contribution in [0.5, 0.6) is 0 Å². The molecule has 20 nitrogen and oxygen atoms in total. The van der Waals surface area contributed by atoms with Gasteiger partial charge < -0.3 is 42.5 Å². The Kier molecular flexibility index (Phi) is 12.3. The summed E-state index contributed by atoms with van der Waals surface area (Å²) in [7, 11) is 0. The molecular formula is C20H32N16O4. The van der Waals surface area contributed by atoms with E-state index in [1.165, 1.54) is 0 Å². The van der Waals surface area contributed by atoms with Gasteiger partial charge in [0.15, 0.2) is 23.3 Å². The van der Waals surface area contributed by atoms with E-state index in [2.05, 4.69) is 83.3 Å². The Morgan fingerprint density at radius 1 is 0.325 bits per heavy atom. The van der Waals surface area contributed by atoms with Crippen molar-refractivity contribution in [2.24, 2.45) is 0 Å². The molecule has 0 saturated heterocycles. The van der Waals surface area contributed by atoms with E-state index in [1.54, 1.807) is 0 Å². The smallest absolute Gasteiger partial charge is 0.315 e. The molecule has 6 rings (SSSR count). The van der Waals surface area contributed by atoms with E-state index in [-0.39, 0.29) is 49.5 Å². The number of nitrogens with one attached hydrogen (secondary N) is 8. The first-order valence-corrected chi connectivity index (χ1v) is 12.6. The molecule has 0 fully saturated rings. The molecule has 4 bridgehead atoms. The fourth-order valence-electron chi connectivity index (χ4n) is 3.02. The largest absolute Gasteiger partial charge is 0.338 e. The summed E-state index contributed by atoms with van der Waals surface area (Å²) in [6, 6.07) is -1.63. The number of nitrogens with zero attached hydrogens (tertiary/aromatic N) is 8. The van der Waals surface area contributed by atoms with Gasteiger partial charge in [-0.05, 0) is 25.7 Å². The minimum absolute atomic E-state index is 0.0236. The van der Waals surface area contributed by atoms with Crippen molar-refractivity contribution in [2.75, 3.05) is 26.2 Å². The van der Waals surface area contributed by atoms with E-state index in [0.29, 0.717) is 51.9 Å². The molecule has 6 heterocycles. The van der Waals surface area contributed by atoms with E-state index in [4.69, 9.17) is 0 Å². The van der Waals surface area contributed by atoms with Gasteiger partial charge in [0.05, 0.1) is 26.2 Å². The summed E-state index contributed by atoms with van der Waals surface area (Å²) in [5, 5.41) is 52.2. The highest BCUT2D eigenvalue weighted by molar-refractivity contribution is 5.74. The third-order valence-electron chi connectivity index (χ3n) is 5.10. The molecule has 0 atom stereocenters. The number of urea groups is 4. The molecule has 0 unspecified atom stereocenters. The summed E-state index contributed by atoms with van der Waals surface area (Å²) in [6.45, 7) is 1.68. The van der Waals surface area contributed by atoms with Crippen LogP contribution in [0.1, 0.15) is 49.0 Å². The highest BCUT2D eigenvalue weighted by Gasteiger charge is 2.08. The van der Waals surface area contributed by atoms with Crippen LogP contribution in [0.4, 0.5) is 19.2 Å². The molecule has 8 amide bonds. The first kappa shape index (κ1) is 29.5. The summed E-state index contributed by atoms with van der Waals surface area (Å²) >= 11 is 0. The number of carbonyl (C=O) groups is 4. The van der Waals surface area contributed by atoms with Crippen LogP contribution in [0.25, 0.3) is 0 Å². The summed E-state index contributed by atoms with van der Waals surface area (Å²) in [6.07, 6.45) is 2.53. The second-order valence-corrected chi connectivity index (χ2v) is 8.32. The topological polar surface area (TPSA) is 268 Å². The predicted molar refractivity (Wildman–Crippen MR) is 135 cm³/mol. The molecule has 4 aliphatic heterocycles. The normalized spacial score (nSPS) is 17.6. The van der Waals surface area contributed by atoms with Gasteiger partial charge in [-0.3, -0.25) is 0 Å². The summed E-state index contributed by atoms with van der Waals surface area (Å²) in [4.78, 5) is 47.7. The highest BCUT2D eigenvalue weighted by atomic mass is 16.2. The standard InChI is InChI=1S/C20H32N16O4/c37-17-21-5-1-2-6-22-18(38)26-10-14-31-35-16(36-32-14)12-28-20(40)24-8-4-3-7-23-19(39)27-11-15-33-29-13(9-25-17)30-34-15/h1-12H2,(H2,21,25,37)(H2,22,26,38)(H2,23,27,39)(H2,24,28,40). The van der Waals surface area contributed by atoms with Crippen molar-refractivity contribution < 1.29 is 19.2 Å². The molecule has 8 N–H and O–H groups in total. The molecule has 4 aliphatic rings. The highest BCUT2D eigenvalue weighted by Crippen LogP contribution is 1.91. The summed E-state index contributed by atoms with van der Waals surface area (Å²) < 4.78 is 0. The Morgan fingerprint density at radius 3 is 0.725 bits per heavy atom.